The van der Waals surface area contributed by atoms with E-state index in [2.05, 4.69) is 21.9 Å². The van der Waals surface area contributed by atoms with Crippen molar-refractivity contribution in [3.8, 4) is 18.1 Å². The Balaban J connectivity index is 1.50. The van der Waals surface area contributed by atoms with Crippen LogP contribution >= 0.6 is 0 Å². The Morgan fingerprint density at radius 3 is 2.78 bits per heavy atom. The van der Waals surface area contributed by atoms with Gasteiger partial charge in [-0.1, -0.05) is 18.1 Å². The summed E-state index contributed by atoms with van der Waals surface area (Å²) in [5.41, 5.74) is 2.18. The molecule has 9 heteroatoms. The van der Waals surface area contributed by atoms with Gasteiger partial charge < -0.3 is 30.5 Å². The molecule has 0 aromatic heterocycles. The van der Waals surface area contributed by atoms with E-state index in [0.29, 0.717) is 43.9 Å². The van der Waals surface area contributed by atoms with Crippen molar-refractivity contribution >= 4 is 11.8 Å². The van der Waals surface area contributed by atoms with Crippen molar-refractivity contribution in [2.24, 2.45) is 5.92 Å². The Morgan fingerprint density at radius 2 is 2.02 bits per heavy atom. The largest absolute Gasteiger partial charge is 0.493 e. The lowest BCUT2D eigenvalue weighted by atomic mass is 9.98. The van der Waals surface area contributed by atoms with Gasteiger partial charge in [-0.3, -0.25) is 9.59 Å². The van der Waals surface area contributed by atoms with Crippen molar-refractivity contribution < 1.29 is 28.6 Å². The highest BCUT2D eigenvalue weighted by Gasteiger charge is 2.44. The van der Waals surface area contributed by atoms with E-state index in [4.69, 9.17) is 15.9 Å². The smallest absolute Gasteiger partial charge is 0.220 e. The lowest BCUT2D eigenvalue weighted by Gasteiger charge is -2.27. The van der Waals surface area contributed by atoms with E-state index in [0.717, 1.165) is 24.0 Å². The second-order valence-electron chi connectivity index (χ2n) is 11.1. The summed E-state index contributed by atoms with van der Waals surface area (Å²) in [7, 11) is 1.60. The van der Waals surface area contributed by atoms with E-state index < -0.39 is 18.0 Å². The molecule has 1 aliphatic heterocycles. The number of ether oxygens (including phenoxy) is 2. The number of carbonyl (C=O) groups excluding carboxylic acids is 2. The molecule has 0 radical (unpaired) electrons. The van der Waals surface area contributed by atoms with Crippen LogP contribution in [-0.2, 0) is 26.3 Å². The number of amides is 2. The number of hydrogen-bond acceptors (Lipinski definition) is 6. The molecule has 0 spiro atoms. The van der Waals surface area contributed by atoms with E-state index >= 15 is 0 Å². The van der Waals surface area contributed by atoms with Crippen molar-refractivity contribution in [1.82, 2.24) is 16.0 Å². The number of aliphatic hydroxyl groups is 1. The maximum absolute atomic E-state index is 14.6. The van der Waals surface area contributed by atoms with Gasteiger partial charge >= 0.3 is 0 Å². The molecule has 41 heavy (non-hydrogen) atoms. The van der Waals surface area contributed by atoms with Crippen LogP contribution in [0.2, 0.25) is 0 Å². The van der Waals surface area contributed by atoms with Gasteiger partial charge in [-0.25, -0.2) is 4.39 Å². The minimum atomic E-state index is -0.962. The van der Waals surface area contributed by atoms with Crippen molar-refractivity contribution in [3.05, 3.63) is 65.0 Å². The number of halogens is 1. The summed E-state index contributed by atoms with van der Waals surface area (Å²) in [6.07, 6.45) is 8.00. The summed E-state index contributed by atoms with van der Waals surface area (Å²) < 4.78 is 25.8. The number of terminal acetylenes is 1. The van der Waals surface area contributed by atoms with Crippen molar-refractivity contribution in [2.45, 2.75) is 62.6 Å². The van der Waals surface area contributed by atoms with Gasteiger partial charge in [0, 0.05) is 56.1 Å². The normalized spacial score (nSPS) is 22.3. The monoisotopic (exact) mass is 565 g/mol. The highest BCUT2D eigenvalue weighted by atomic mass is 19.1. The molecular weight excluding hydrogens is 525 g/mol. The number of aliphatic hydroxyl groups excluding tert-OH is 1. The summed E-state index contributed by atoms with van der Waals surface area (Å²) in [6, 6.07) is 11.6. The van der Waals surface area contributed by atoms with Crippen LogP contribution in [0.15, 0.2) is 42.5 Å². The van der Waals surface area contributed by atoms with Gasteiger partial charge in [0.25, 0.3) is 0 Å². The molecule has 2 aromatic rings. The van der Waals surface area contributed by atoms with Crippen LogP contribution in [0.4, 0.5) is 4.39 Å². The van der Waals surface area contributed by atoms with Crippen LogP contribution in [0.1, 0.15) is 55.2 Å². The van der Waals surface area contributed by atoms with Crippen LogP contribution < -0.4 is 20.7 Å². The molecule has 4 N–H and O–H groups in total. The first-order valence-electron chi connectivity index (χ1n) is 14.3. The lowest BCUT2D eigenvalue weighted by Crippen LogP contribution is -2.50. The predicted octanol–water partition coefficient (Wildman–Crippen LogP) is 2.81. The number of nitrogens with one attached hydrogen (secondary N) is 3. The number of benzene rings is 2. The maximum atomic E-state index is 14.6. The van der Waals surface area contributed by atoms with Crippen LogP contribution in [-0.4, -0.2) is 62.5 Å². The van der Waals surface area contributed by atoms with Gasteiger partial charge in [-0.15, -0.1) is 6.42 Å². The molecule has 220 valence electrons. The number of fused-ring (bicyclic) bond motifs is 2. The predicted molar refractivity (Wildman–Crippen MR) is 154 cm³/mol. The topological polar surface area (TPSA) is 109 Å². The molecule has 1 fully saturated rings. The second-order valence-corrected chi connectivity index (χ2v) is 11.1. The van der Waals surface area contributed by atoms with E-state index in [9.17, 15) is 19.1 Å². The maximum Gasteiger partial charge on any atom is 0.220 e. The minimum absolute atomic E-state index is 0.00247. The first kappa shape index (κ1) is 30.5. The Hall–Kier alpha value is -3.45. The average Bonchev–Trinajstić information content (AvgIpc) is 3.75. The van der Waals surface area contributed by atoms with Gasteiger partial charge in [0.2, 0.25) is 11.8 Å². The highest BCUT2D eigenvalue weighted by molar-refractivity contribution is 5.79. The second kappa shape index (κ2) is 14.4. The fourth-order valence-electron chi connectivity index (χ4n) is 5.26. The van der Waals surface area contributed by atoms with Crippen LogP contribution in [0, 0.1) is 24.1 Å². The fourth-order valence-corrected chi connectivity index (χ4v) is 5.26. The molecule has 1 heterocycles. The van der Waals surface area contributed by atoms with Gasteiger partial charge in [0.05, 0.1) is 25.4 Å². The molecular formula is C32H40FN3O5. The molecule has 8 nitrogen and oxygen atoms in total. The Bertz CT molecular complexity index is 1240. The van der Waals surface area contributed by atoms with E-state index in [1.54, 1.807) is 13.2 Å². The lowest BCUT2D eigenvalue weighted by molar-refractivity contribution is -0.123. The molecule has 1 saturated carbocycles. The van der Waals surface area contributed by atoms with Gasteiger partial charge in [-0.05, 0) is 67.5 Å². The number of hydrogen-bond donors (Lipinski definition) is 4. The third-order valence-corrected chi connectivity index (χ3v) is 7.75. The summed E-state index contributed by atoms with van der Waals surface area (Å²) in [4.78, 5) is 25.1. The van der Waals surface area contributed by atoms with Crippen molar-refractivity contribution in [1.29, 1.82) is 0 Å². The molecule has 2 aromatic carbocycles. The van der Waals surface area contributed by atoms with E-state index in [1.807, 2.05) is 24.3 Å². The molecule has 2 aliphatic rings. The number of rotatable bonds is 7. The van der Waals surface area contributed by atoms with Crippen molar-refractivity contribution in [2.75, 3.05) is 33.4 Å². The fraction of sp³-hybridized carbons (Fsp3) is 0.500. The summed E-state index contributed by atoms with van der Waals surface area (Å²) in [6.45, 7) is 1.39. The average molecular weight is 566 g/mol. The van der Waals surface area contributed by atoms with Crippen LogP contribution in [0.25, 0.3) is 0 Å². The first-order chi connectivity index (χ1) is 19.8. The van der Waals surface area contributed by atoms with Gasteiger partial charge in [0.15, 0.2) is 0 Å². The summed E-state index contributed by atoms with van der Waals surface area (Å²) in [5, 5.41) is 20.6. The standard InChI is InChI=1S/C32H40FN3O5/c1-3-22-6-4-7-25(14-22)32(11-12-32)35-19-29(37)28-17-24-15-26(33)18-27(16-24)41-21-23(20-40-2)10-13-34-30(38)8-5-9-31(39)36-28/h1,4,6-7,14-16,18,23,28-29,35,37H,5,8-13,17,19-21H2,2H3,(H,34,38)(H,36,39). The SMILES string of the molecule is C#Cc1cccc(C2(NCC(O)C3Cc4cc(F)cc(c4)OCC(COC)CCNC(=O)CCCC(=O)N3)CC2)c1. The van der Waals surface area contributed by atoms with Gasteiger partial charge in [-0.2, -0.15) is 0 Å². The van der Waals surface area contributed by atoms with Crippen LogP contribution in [0.3, 0.4) is 0 Å². The molecule has 4 rings (SSSR count). The Labute approximate surface area is 241 Å². The molecule has 3 atom stereocenters. The van der Waals surface area contributed by atoms with Crippen LogP contribution in [0.5, 0.6) is 5.75 Å². The summed E-state index contributed by atoms with van der Waals surface area (Å²) in [5.74, 6) is 2.16. The molecule has 2 amide bonds. The van der Waals surface area contributed by atoms with Gasteiger partial charge in [0.1, 0.15) is 11.6 Å². The Morgan fingerprint density at radius 1 is 1.22 bits per heavy atom. The third-order valence-electron chi connectivity index (χ3n) is 7.75. The first-order valence-corrected chi connectivity index (χ1v) is 14.3. The summed E-state index contributed by atoms with van der Waals surface area (Å²) >= 11 is 0. The number of carbonyl (C=O) groups is 2. The minimum Gasteiger partial charge on any atom is -0.493 e. The molecule has 1 aliphatic carbocycles. The van der Waals surface area contributed by atoms with E-state index in [1.165, 1.54) is 12.1 Å². The zero-order valence-corrected chi connectivity index (χ0v) is 23.6. The highest BCUT2D eigenvalue weighted by Crippen LogP contribution is 2.45. The molecule has 0 saturated heterocycles. The number of methoxy groups -OCH3 is 1. The van der Waals surface area contributed by atoms with E-state index in [-0.39, 0.29) is 49.1 Å². The quantitative estimate of drug-likeness (QED) is 0.385. The molecule has 3 unspecified atom stereocenters. The third kappa shape index (κ3) is 9.02. The zero-order valence-electron chi connectivity index (χ0n) is 23.6. The Kier molecular flexibility index (Phi) is 10.7. The zero-order chi connectivity index (χ0) is 29.2. The molecule has 2 bridgehead atoms. The van der Waals surface area contributed by atoms with Crippen molar-refractivity contribution in [3.63, 3.8) is 0 Å².